The second-order valence-corrected chi connectivity index (χ2v) is 7.34. The predicted octanol–water partition coefficient (Wildman–Crippen LogP) is 5.46. The van der Waals surface area contributed by atoms with E-state index in [-0.39, 0.29) is 5.97 Å². The number of esters is 1. The summed E-state index contributed by atoms with van der Waals surface area (Å²) in [5.41, 5.74) is 4.63. The highest BCUT2D eigenvalue weighted by molar-refractivity contribution is 7.16. The first-order chi connectivity index (χ1) is 11.8. The minimum atomic E-state index is -0.301. The standard InChI is InChI=1S/C21H29NO2S/c1-8-24-20(23)14-16(3)11-9-10-15(2)12-13-19-17(4)21(22(6)7)25-18(19)5/h9-14H,8H2,1-7H3. The van der Waals surface area contributed by atoms with Gasteiger partial charge in [0.25, 0.3) is 0 Å². The number of hydrogen-bond acceptors (Lipinski definition) is 4. The van der Waals surface area contributed by atoms with Crippen LogP contribution in [0.1, 0.15) is 36.8 Å². The Kier molecular flexibility index (Phi) is 8.42. The molecule has 0 aliphatic carbocycles. The van der Waals surface area contributed by atoms with Crippen LogP contribution in [0.4, 0.5) is 5.00 Å². The van der Waals surface area contributed by atoms with Crippen molar-refractivity contribution in [1.82, 2.24) is 0 Å². The summed E-state index contributed by atoms with van der Waals surface area (Å²) >= 11 is 1.82. The normalized spacial score (nSPS) is 13.1. The Balaban J connectivity index is 2.80. The Morgan fingerprint density at radius 3 is 2.40 bits per heavy atom. The molecule has 0 atom stereocenters. The van der Waals surface area contributed by atoms with E-state index in [1.165, 1.54) is 27.1 Å². The summed E-state index contributed by atoms with van der Waals surface area (Å²) in [5, 5.41) is 1.30. The van der Waals surface area contributed by atoms with Crippen LogP contribution in [0.25, 0.3) is 6.08 Å². The molecule has 0 amide bonds. The minimum Gasteiger partial charge on any atom is -0.463 e. The van der Waals surface area contributed by atoms with E-state index in [0.717, 1.165) is 11.1 Å². The molecule has 0 fully saturated rings. The summed E-state index contributed by atoms with van der Waals surface area (Å²) in [6.45, 7) is 10.5. The molecule has 136 valence electrons. The number of allylic oxidation sites excluding steroid dienone is 6. The van der Waals surface area contributed by atoms with Gasteiger partial charge in [-0.05, 0) is 51.3 Å². The van der Waals surface area contributed by atoms with Gasteiger partial charge < -0.3 is 9.64 Å². The third-order valence-electron chi connectivity index (χ3n) is 3.62. The van der Waals surface area contributed by atoms with E-state index in [9.17, 15) is 4.79 Å². The fourth-order valence-electron chi connectivity index (χ4n) is 2.36. The average Bonchev–Trinajstić information content (AvgIpc) is 2.80. The van der Waals surface area contributed by atoms with Crippen molar-refractivity contribution in [3.8, 4) is 0 Å². The SMILES string of the molecule is CCOC(=O)C=C(C)C=CC=C(C)C=Cc1c(C)sc(N(C)C)c1C. The number of aryl methyl sites for hydroxylation is 1. The first-order valence-corrected chi connectivity index (χ1v) is 9.23. The fraction of sp³-hybridized carbons (Fsp3) is 0.381. The van der Waals surface area contributed by atoms with Crippen LogP contribution in [-0.4, -0.2) is 26.7 Å². The van der Waals surface area contributed by atoms with Gasteiger partial charge in [-0.1, -0.05) is 36.0 Å². The largest absolute Gasteiger partial charge is 0.463 e. The predicted molar refractivity (Wildman–Crippen MR) is 110 cm³/mol. The number of nitrogens with zero attached hydrogens (tertiary/aromatic N) is 1. The molecule has 0 saturated carbocycles. The van der Waals surface area contributed by atoms with Crippen molar-refractivity contribution in [3.05, 3.63) is 57.5 Å². The average molecular weight is 360 g/mol. The summed E-state index contributed by atoms with van der Waals surface area (Å²) < 4.78 is 4.89. The van der Waals surface area contributed by atoms with Gasteiger partial charge in [-0.3, -0.25) is 0 Å². The topological polar surface area (TPSA) is 29.5 Å². The summed E-state index contributed by atoms with van der Waals surface area (Å²) in [7, 11) is 4.15. The third kappa shape index (κ3) is 6.75. The Morgan fingerprint density at radius 1 is 1.16 bits per heavy atom. The van der Waals surface area contributed by atoms with Crippen LogP contribution in [0.3, 0.4) is 0 Å². The van der Waals surface area contributed by atoms with Crippen molar-refractivity contribution in [2.45, 2.75) is 34.6 Å². The Morgan fingerprint density at radius 2 is 1.84 bits per heavy atom. The van der Waals surface area contributed by atoms with E-state index >= 15 is 0 Å². The lowest BCUT2D eigenvalue weighted by Gasteiger charge is -2.10. The van der Waals surface area contributed by atoms with Crippen molar-refractivity contribution >= 4 is 28.4 Å². The molecule has 0 radical (unpaired) electrons. The van der Waals surface area contributed by atoms with Gasteiger partial charge in [-0.25, -0.2) is 4.79 Å². The Hall–Kier alpha value is -2.07. The maximum Gasteiger partial charge on any atom is 0.330 e. The zero-order chi connectivity index (χ0) is 19.0. The molecular weight excluding hydrogens is 330 g/mol. The van der Waals surface area contributed by atoms with Gasteiger partial charge >= 0.3 is 5.97 Å². The molecule has 25 heavy (non-hydrogen) atoms. The molecule has 0 spiro atoms. The number of rotatable bonds is 7. The van der Waals surface area contributed by atoms with E-state index in [1.807, 2.05) is 36.5 Å². The van der Waals surface area contributed by atoms with Crippen LogP contribution < -0.4 is 4.90 Å². The van der Waals surface area contributed by atoms with E-state index < -0.39 is 0 Å². The summed E-state index contributed by atoms with van der Waals surface area (Å²) in [4.78, 5) is 14.9. The number of ether oxygens (including phenoxy) is 1. The van der Waals surface area contributed by atoms with Gasteiger partial charge in [0.15, 0.2) is 0 Å². The molecule has 0 N–H and O–H groups in total. The number of hydrogen-bond donors (Lipinski definition) is 0. The molecule has 4 heteroatoms. The van der Waals surface area contributed by atoms with Crippen LogP contribution in [0.15, 0.2) is 41.5 Å². The lowest BCUT2D eigenvalue weighted by Crippen LogP contribution is -2.07. The van der Waals surface area contributed by atoms with Gasteiger partial charge in [0, 0.05) is 25.0 Å². The highest BCUT2D eigenvalue weighted by Gasteiger charge is 2.10. The van der Waals surface area contributed by atoms with Crippen molar-refractivity contribution < 1.29 is 9.53 Å². The lowest BCUT2D eigenvalue weighted by molar-refractivity contribution is -0.137. The molecule has 0 unspecified atom stereocenters. The molecule has 0 saturated heterocycles. The summed E-state index contributed by atoms with van der Waals surface area (Å²) in [6, 6.07) is 0. The molecular formula is C21H29NO2S. The first kappa shape index (κ1) is 21.0. The van der Waals surface area contributed by atoms with Crippen LogP contribution in [0.2, 0.25) is 0 Å². The molecule has 1 heterocycles. The number of carbonyl (C=O) groups excluding carboxylic acids is 1. The smallest absolute Gasteiger partial charge is 0.330 e. The second-order valence-electron chi connectivity index (χ2n) is 6.14. The highest BCUT2D eigenvalue weighted by Crippen LogP contribution is 2.34. The van der Waals surface area contributed by atoms with E-state index in [2.05, 4.69) is 51.9 Å². The van der Waals surface area contributed by atoms with Crippen LogP contribution in [0, 0.1) is 13.8 Å². The molecule has 1 rings (SSSR count). The molecule has 0 aliphatic rings. The van der Waals surface area contributed by atoms with Gasteiger partial charge in [0.2, 0.25) is 0 Å². The first-order valence-electron chi connectivity index (χ1n) is 8.41. The molecule has 0 bridgehead atoms. The highest BCUT2D eigenvalue weighted by atomic mass is 32.1. The second kappa shape index (κ2) is 10.0. The van der Waals surface area contributed by atoms with Crippen LogP contribution in [0.5, 0.6) is 0 Å². The summed E-state index contributed by atoms with van der Waals surface area (Å²) in [6.07, 6.45) is 11.7. The van der Waals surface area contributed by atoms with E-state index in [0.29, 0.717) is 6.61 Å². The van der Waals surface area contributed by atoms with Gasteiger partial charge in [0.05, 0.1) is 11.6 Å². The van der Waals surface area contributed by atoms with Crippen LogP contribution in [-0.2, 0) is 9.53 Å². The maximum absolute atomic E-state index is 11.4. The monoisotopic (exact) mass is 359 g/mol. The van der Waals surface area contributed by atoms with Crippen LogP contribution >= 0.6 is 11.3 Å². The molecule has 1 aromatic heterocycles. The molecule has 0 aromatic carbocycles. The molecule has 0 aliphatic heterocycles. The fourth-order valence-corrected chi connectivity index (χ4v) is 3.43. The summed E-state index contributed by atoms with van der Waals surface area (Å²) in [5.74, 6) is -0.301. The van der Waals surface area contributed by atoms with Gasteiger partial charge in [-0.2, -0.15) is 0 Å². The quantitative estimate of drug-likeness (QED) is 0.368. The van der Waals surface area contributed by atoms with Crippen molar-refractivity contribution in [2.24, 2.45) is 0 Å². The molecule has 1 aromatic rings. The lowest BCUT2D eigenvalue weighted by atomic mass is 10.1. The number of carbonyl (C=O) groups is 1. The maximum atomic E-state index is 11.4. The minimum absolute atomic E-state index is 0.301. The van der Waals surface area contributed by atoms with E-state index in [1.54, 1.807) is 6.92 Å². The Bertz CT molecular complexity index is 718. The number of thiophene rings is 1. The van der Waals surface area contributed by atoms with Gasteiger partial charge in [0.1, 0.15) is 0 Å². The van der Waals surface area contributed by atoms with Crippen molar-refractivity contribution in [1.29, 1.82) is 0 Å². The van der Waals surface area contributed by atoms with E-state index in [4.69, 9.17) is 4.74 Å². The zero-order valence-corrected chi connectivity index (χ0v) is 17.2. The molecule has 3 nitrogen and oxygen atoms in total. The van der Waals surface area contributed by atoms with Crippen molar-refractivity contribution in [2.75, 3.05) is 25.6 Å². The zero-order valence-electron chi connectivity index (χ0n) is 16.3. The Labute approximate surface area is 156 Å². The number of anilines is 1. The van der Waals surface area contributed by atoms with Crippen molar-refractivity contribution in [3.63, 3.8) is 0 Å². The third-order valence-corrected chi connectivity index (χ3v) is 5.01. The van der Waals surface area contributed by atoms with Gasteiger partial charge in [-0.15, -0.1) is 11.3 Å².